The SMILES string of the molecule is COCCn1c(S[C@@H](C(=O)NC(N)=O)C(C)C)nc2scc(-c3ccc(F)cc3)c2c1=O. The Morgan fingerprint density at radius 1 is 1.31 bits per heavy atom. The fourth-order valence-corrected chi connectivity index (χ4v) is 5.22. The zero-order valence-electron chi connectivity index (χ0n) is 17.8. The average Bonchev–Trinajstić information content (AvgIpc) is 3.15. The Bertz CT molecular complexity index is 1190. The predicted molar refractivity (Wildman–Crippen MR) is 123 cm³/mol. The molecule has 3 rings (SSSR count). The Kier molecular flexibility index (Phi) is 7.64. The summed E-state index contributed by atoms with van der Waals surface area (Å²) in [4.78, 5) is 42.3. The molecule has 0 aliphatic heterocycles. The van der Waals surface area contributed by atoms with Crippen molar-refractivity contribution in [1.82, 2.24) is 14.9 Å². The van der Waals surface area contributed by atoms with Crippen LogP contribution in [0.5, 0.6) is 0 Å². The van der Waals surface area contributed by atoms with E-state index in [1.165, 1.54) is 35.1 Å². The van der Waals surface area contributed by atoms with Gasteiger partial charge in [0.15, 0.2) is 5.16 Å². The van der Waals surface area contributed by atoms with Crippen LogP contribution in [-0.4, -0.2) is 40.5 Å². The minimum absolute atomic E-state index is 0.166. The van der Waals surface area contributed by atoms with Crippen molar-refractivity contribution >= 4 is 45.3 Å². The minimum Gasteiger partial charge on any atom is -0.383 e. The average molecular weight is 479 g/mol. The third kappa shape index (κ3) is 5.17. The van der Waals surface area contributed by atoms with E-state index < -0.39 is 17.2 Å². The second kappa shape index (κ2) is 10.2. The molecule has 0 aliphatic carbocycles. The van der Waals surface area contributed by atoms with Gasteiger partial charge in [0.25, 0.3) is 5.56 Å². The number of primary amides is 1. The van der Waals surface area contributed by atoms with Gasteiger partial charge in [-0.2, -0.15) is 0 Å². The number of hydrogen-bond donors (Lipinski definition) is 2. The highest BCUT2D eigenvalue weighted by Crippen LogP contribution is 2.34. The molecule has 3 aromatic rings. The predicted octanol–water partition coefficient (Wildman–Crippen LogP) is 3.22. The van der Waals surface area contributed by atoms with Crippen LogP contribution in [0.3, 0.4) is 0 Å². The van der Waals surface area contributed by atoms with E-state index in [2.05, 4.69) is 10.3 Å². The molecular weight excluding hydrogens is 455 g/mol. The number of benzene rings is 1. The van der Waals surface area contributed by atoms with Crippen LogP contribution in [0, 0.1) is 11.7 Å². The first-order valence-electron chi connectivity index (χ1n) is 9.76. The van der Waals surface area contributed by atoms with Gasteiger partial charge < -0.3 is 10.5 Å². The number of imide groups is 1. The lowest BCUT2D eigenvalue weighted by molar-refractivity contribution is -0.120. The van der Waals surface area contributed by atoms with E-state index in [0.29, 0.717) is 26.5 Å². The lowest BCUT2D eigenvalue weighted by Crippen LogP contribution is -2.42. The van der Waals surface area contributed by atoms with Gasteiger partial charge in [0.05, 0.1) is 23.8 Å². The van der Waals surface area contributed by atoms with Gasteiger partial charge in [0.2, 0.25) is 5.91 Å². The first-order valence-corrected chi connectivity index (χ1v) is 11.5. The Morgan fingerprint density at radius 3 is 2.59 bits per heavy atom. The number of rotatable bonds is 8. The number of nitrogens with two attached hydrogens (primary N) is 1. The zero-order valence-corrected chi connectivity index (χ0v) is 19.4. The van der Waals surface area contributed by atoms with Crippen LogP contribution in [0.25, 0.3) is 21.3 Å². The van der Waals surface area contributed by atoms with Gasteiger partial charge in [0.1, 0.15) is 10.6 Å². The van der Waals surface area contributed by atoms with Crippen molar-refractivity contribution < 1.29 is 18.7 Å². The monoisotopic (exact) mass is 478 g/mol. The molecule has 0 fully saturated rings. The molecular formula is C21H23FN4O4S2. The van der Waals surface area contributed by atoms with Crippen molar-refractivity contribution in [1.29, 1.82) is 0 Å². The first-order chi connectivity index (χ1) is 15.2. The molecule has 0 bridgehead atoms. The van der Waals surface area contributed by atoms with Crippen LogP contribution in [0.15, 0.2) is 39.6 Å². The molecule has 1 atom stereocenters. The lowest BCUT2D eigenvalue weighted by Gasteiger charge is -2.20. The maximum atomic E-state index is 13.5. The van der Waals surface area contributed by atoms with Gasteiger partial charge in [-0.3, -0.25) is 19.5 Å². The summed E-state index contributed by atoms with van der Waals surface area (Å²) in [6, 6.07) is 4.96. The summed E-state index contributed by atoms with van der Waals surface area (Å²) >= 11 is 2.38. The topological polar surface area (TPSA) is 116 Å². The van der Waals surface area contributed by atoms with Gasteiger partial charge in [-0.1, -0.05) is 37.7 Å². The van der Waals surface area contributed by atoms with Crippen LogP contribution >= 0.6 is 23.1 Å². The molecule has 3 N–H and O–H groups in total. The lowest BCUT2D eigenvalue weighted by atomic mass is 10.1. The maximum absolute atomic E-state index is 13.5. The van der Waals surface area contributed by atoms with E-state index in [9.17, 15) is 18.8 Å². The van der Waals surface area contributed by atoms with Crippen LogP contribution < -0.4 is 16.6 Å². The third-order valence-corrected chi connectivity index (χ3v) is 7.08. The molecule has 3 amide bonds. The highest BCUT2D eigenvalue weighted by atomic mass is 32.2. The van der Waals surface area contributed by atoms with Gasteiger partial charge in [-0.15, -0.1) is 11.3 Å². The Balaban J connectivity index is 2.12. The highest BCUT2D eigenvalue weighted by Gasteiger charge is 2.28. The molecule has 0 unspecified atom stereocenters. The smallest absolute Gasteiger partial charge is 0.318 e. The molecule has 32 heavy (non-hydrogen) atoms. The molecule has 0 saturated carbocycles. The van der Waals surface area contributed by atoms with E-state index in [0.717, 1.165) is 11.8 Å². The molecule has 2 heterocycles. The number of methoxy groups -OCH3 is 1. The largest absolute Gasteiger partial charge is 0.383 e. The molecule has 2 aromatic heterocycles. The second-order valence-corrected chi connectivity index (χ2v) is 9.28. The molecule has 0 spiro atoms. The summed E-state index contributed by atoms with van der Waals surface area (Å²) < 4.78 is 20.0. The summed E-state index contributed by atoms with van der Waals surface area (Å²) in [5.74, 6) is -1.08. The van der Waals surface area contributed by atoms with Crippen molar-refractivity contribution in [2.45, 2.75) is 30.8 Å². The standard InChI is InChI=1S/C21H23FN4O4S2/c1-11(2)16(17(27)24-20(23)29)32-21-25-18-15(19(28)26(21)8-9-30-3)14(10-31-18)12-4-6-13(22)7-5-12/h4-7,10-11,16H,8-9H2,1-3H3,(H3,23,24,27,29)/t16-/m1/s1. The second-order valence-electron chi connectivity index (χ2n) is 7.32. The number of nitrogens with one attached hydrogen (secondary N) is 1. The van der Waals surface area contributed by atoms with Crippen molar-refractivity contribution in [3.63, 3.8) is 0 Å². The number of fused-ring (bicyclic) bond motifs is 1. The molecule has 1 aromatic carbocycles. The Hall–Kier alpha value is -2.76. The number of aromatic nitrogens is 2. The molecule has 0 saturated heterocycles. The fourth-order valence-electron chi connectivity index (χ4n) is 3.12. The number of ether oxygens (including phenoxy) is 1. The number of carbonyl (C=O) groups excluding carboxylic acids is 2. The van der Waals surface area contributed by atoms with Crippen LogP contribution in [-0.2, 0) is 16.1 Å². The number of thioether (sulfide) groups is 1. The molecule has 170 valence electrons. The van der Waals surface area contributed by atoms with E-state index in [1.54, 1.807) is 17.5 Å². The van der Waals surface area contributed by atoms with Crippen LogP contribution in [0.2, 0.25) is 0 Å². The number of nitrogens with zero attached hydrogens (tertiary/aromatic N) is 2. The van der Waals surface area contributed by atoms with Crippen molar-refractivity contribution in [2.24, 2.45) is 11.7 Å². The number of urea groups is 1. The molecule has 0 aliphatic rings. The maximum Gasteiger partial charge on any atom is 0.318 e. The van der Waals surface area contributed by atoms with Gasteiger partial charge >= 0.3 is 6.03 Å². The van der Waals surface area contributed by atoms with E-state index >= 15 is 0 Å². The van der Waals surface area contributed by atoms with Gasteiger partial charge in [-0.05, 0) is 23.6 Å². The summed E-state index contributed by atoms with van der Waals surface area (Å²) in [6.45, 7) is 4.14. The first kappa shape index (κ1) is 23.9. The van der Waals surface area contributed by atoms with Crippen molar-refractivity contribution in [3.8, 4) is 11.1 Å². The van der Waals surface area contributed by atoms with Gasteiger partial charge in [0, 0.05) is 18.1 Å². The van der Waals surface area contributed by atoms with Crippen LogP contribution in [0.4, 0.5) is 9.18 Å². The zero-order chi connectivity index (χ0) is 23.4. The quantitative estimate of drug-likeness (QED) is 0.379. The summed E-state index contributed by atoms with van der Waals surface area (Å²) in [7, 11) is 1.52. The van der Waals surface area contributed by atoms with E-state index in [-0.39, 0.29) is 30.4 Å². The van der Waals surface area contributed by atoms with Gasteiger partial charge in [-0.25, -0.2) is 14.2 Å². The number of thiophene rings is 1. The number of carbonyl (C=O) groups is 2. The Labute approximate surface area is 192 Å². The summed E-state index contributed by atoms with van der Waals surface area (Å²) in [6.07, 6.45) is 0. The third-order valence-electron chi connectivity index (χ3n) is 4.68. The normalized spacial score (nSPS) is 12.3. The minimum atomic E-state index is -0.941. The molecule has 0 radical (unpaired) electrons. The summed E-state index contributed by atoms with van der Waals surface area (Å²) in [5.41, 5.74) is 6.18. The van der Waals surface area contributed by atoms with Crippen molar-refractivity contribution in [3.05, 3.63) is 45.8 Å². The Morgan fingerprint density at radius 2 is 2.00 bits per heavy atom. The van der Waals surface area contributed by atoms with Crippen molar-refractivity contribution in [2.75, 3.05) is 13.7 Å². The fraction of sp³-hybridized carbons (Fsp3) is 0.333. The molecule has 11 heteroatoms. The number of amides is 3. The van der Waals surface area contributed by atoms with Crippen LogP contribution in [0.1, 0.15) is 13.8 Å². The van der Waals surface area contributed by atoms with E-state index in [4.69, 9.17) is 10.5 Å². The summed E-state index contributed by atoms with van der Waals surface area (Å²) in [5, 5.41) is 3.97. The highest BCUT2D eigenvalue weighted by molar-refractivity contribution is 8.00. The number of halogens is 1. The van der Waals surface area contributed by atoms with E-state index in [1.807, 2.05) is 13.8 Å². The molecule has 8 nitrogen and oxygen atoms in total. The number of hydrogen-bond acceptors (Lipinski definition) is 7.